The number of aromatic nitrogens is 2. The lowest BCUT2D eigenvalue weighted by molar-refractivity contribution is -0.133. The van der Waals surface area contributed by atoms with Gasteiger partial charge in [0, 0.05) is 47.4 Å². The zero-order valence-electron chi connectivity index (χ0n) is 32.0. The highest BCUT2D eigenvalue weighted by atomic mass is 19.1. The number of imide groups is 1. The summed E-state index contributed by atoms with van der Waals surface area (Å²) in [5.74, 6) is -0.856. The van der Waals surface area contributed by atoms with Gasteiger partial charge in [-0.3, -0.25) is 24.6 Å². The van der Waals surface area contributed by atoms with E-state index < -0.39 is 18.0 Å². The van der Waals surface area contributed by atoms with Gasteiger partial charge in [0.1, 0.15) is 24.2 Å². The van der Waals surface area contributed by atoms with Gasteiger partial charge in [0.05, 0.1) is 12.7 Å². The minimum atomic E-state index is -0.551. The molecule has 4 heterocycles. The van der Waals surface area contributed by atoms with Gasteiger partial charge >= 0.3 is 6.09 Å². The second kappa shape index (κ2) is 17.1. The maximum Gasteiger partial charge on any atom is 0.414 e. The van der Waals surface area contributed by atoms with E-state index in [1.165, 1.54) is 17.2 Å². The number of hydrogen-bond acceptors (Lipinski definition) is 10. The number of amides is 4. The van der Waals surface area contributed by atoms with Crippen molar-refractivity contribution in [2.45, 2.75) is 107 Å². The molecule has 0 bridgehead atoms. The van der Waals surface area contributed by atoms with Crippen molar-refractivity contribution in [3.8, 4) is 11.3 Å². The number of hydrogen-bond donors (Lipinski definition) is 4. The third kappa shape index (κ3) is 9.03. The molecule has 1 unspecified atom stereocenters. The van der Waals surface area contributed by atoms with Crippen LogP contribution in [0, 0.1) is 17.6 Å². The molecule has 15 heteroatoms. The van der Waals surface area contributed by atoms with E-state index in [1.807, 2.05) is 12.1 Å². The molecule has 3 aliphatic heterocycles. The lowest BCUT2D eigenvalue weighted by atomic mass is 9.82. The topological polar surface area (TPSA) is 158 Å². The summed E-state index contributed by atoms with van der Waals surface area (Å²) in [4.78, 5) is 61.7. The van der Waals surface area contributed by atoms with Gasteiger partial charge in [0.15, 0.2) is 5.82 Å². The van der Waals surface area contributed by atoms with Gasteiger partial charge in [-0.2, -0.15) is 0 Å². The van der Waals surface area contributed by atoms with Crippen molar-refractivity contribution in [1.29, 1.82) is 0 Å². The number of carbonyl (C=O) groups excluding carboxylic acids is 4. The first-order valence-corrected chi connectivity index (χ1v) is 20.4. The van der Waals surface area contributed by atoms with E-state index in [0.717, 1.165) is 77.3 Å². The van der Waals surface area contributed by atoms with E-state index >= 15 is 4.39 Å². The third-order valence-corrected chi connectivity index (χ3v) is 12.5. The zero-order chi connectivity index (χ0) is 39.5. The quantitative estimate of drug-likeness (QED) is 0.183. The number of carbonyl (C=O) groups is 4. The molecular weight excluding hydrogens is 735 g/mol. The molecule has 3 saturated heterocycles. The molecule has 1 aromatic heterocycles. The Kier molecular flexibility index (Phi) is 11.6. The van der Waals surface area contributed by atoms with Gasteiger partial charge in [-0.25, -0.2) is 23.5 Å². The van der Waals surface area contributed by atoms with E-state index in [9.17, 15) is 23.6 Å². The van der Waals surface area contributed by atoms with Gasteiger partial charge < -0.3 is 25.6 Å². The fraction of sp³-hybridized carbons (Fsp3) is 0.524. The predicted octanol–water partition coefficient (Wildman–Crippen LogP) is 5.87. The van der Waals surface area contributed by atoms with E-state index in [2.05, 4.69) is 36.1 Å². The minimum Gasteiger partial charge on any atom is -0.447 e. The van der Waals surface area contributed by atoms with Crippen LogP contribution in [0.1, 0.15) is 88.5 Å². The summed E-state index contributed by atoms with van der Waals surface area (Å²) in [5.41, 5.74) is 2.56. The number of likely N-dealkylation sites (tertiary alicyclic amines) is 1. The Bertz CT molecular complexity index is 1980. The Morgan fingerprint density at radius 3 is 2.32 bits per heavy atom. The van der Waals surface area contributed by atoms with E-state index in [0.29, 0.717) is 54.1 Å². The first-order chi connectivity index (χ1) is 27.7. The fourth-order valence-corrected chi connectivity index (χ4v) is 9.23. The van der Waals surface area contributed by atoms with Crippen LogP contribution in [0.25, 0.3) is 11.3 Å². The Balaban J connectivity index is 0.753. The van der Waals surface area contributed by atoms with Crippen molar-refractivity contribution in [3.63, 3.8) is 0 Å². The molecule has 1 atom stereocenters. The van der Waals surface area contributed by atoms with Crippen LogP contribution >= 0.6 is 0 Å². The summed E-state index contributed by atoms with van der Waals surface area (Å²) in [7, 11) is 0. The monoisotopic (exact) mass is 784 g/mol. The standard InChI is InChI=1S/C42H50F2N8O5/c43-34-23-30(46-36-14-15-37(53)49-40(36)55)10-13-33(34)25-16-18-51(19-17-25)31-11-4-26(5-12-31)39(54)47-28-6-8-29(9-7-28)48-41-45-24-35(44)38(50-41)27-2-1-3-32(22-27)52-20-21-57-42(52)56/h1-3,10,13,22-26,28-29,31,36,46H,4-9,11-12,14-21H2,(H,47,54)(H,45,48,50)(H,49,53,55). The number of anilines is 3. The van der Waals surface area contributed by atoms with Crippen LogP contribution in [0.15, 0.2) is 48.7 Å². The number of nitrogens with one attached hydrogen (secondary N) is 4. The largest absolute Gasteiger partial charge is 0.447 e. The van der Waals surface area contributed by atoms with Crippen molar-refractivity contribution in [2.24, 2.45) is 5.92 Å². The molecule has 5 aliphatic rings. The maximum absolute atomic E-state index is 15.3. The summed E-state index contributed by atoms with van der Waals surface area (Å²) < 4.78 is 35.2. The van der Waals surface area contributed by atoms with Crippen molar-refractivity contribution in [3.05, 3.63) is 65.9 Å². The summed E-state index contributed by atoms with van der Waals surface area (Å²) in [6.45, 7) is 2.54. The molecule has 57 heavy (non-hydrogen) atoms. The highest BCUT2D eigenvalue weighted by Crippen LogP contribution is 2.36. The van der Waals surface area contributed by atoms with Gasteiger partial charge in [-0.05, 0) is 119 Å². The second-order valence-electron chi connectivity index (χ2n) is 16.1. The Morgan fingerprint density at radius 2 is 1.60 bits per heavy atom. The molecule has 2 saturated carbocycles. The third-order valence-electron chi connectivity index (χ3n) is 12.5. The van der Waals surface area contributed by atoms with Crippen LogP contribution in [-0.4, -0.2) is 89.1 Å². The first kappa shape index (κ1) is 38.7. The van der Waals surface area contributed by atoms with Gasteiger partial charge in [-0.15, -0.1) is 0 Å². The predicted molar refractivity (Wildman–Crippen MR) is 209 cm³/mol. The van der Waals surface area contributed by atoms with Crippen LogP contribution in [0.3, 0.4) is 0 Å². The van der Waals surface area contributed by atoms with E-state index in [1.54, 1.807) is 24.3 Å². The average Bonchev–Trinajstić information content (AvgIpc) is 3.66. The Morgan fingerprint density at radius 1 is 0.825 bits per heavy atom. The number of nitrogens with zero attached hydrogens (tertiary/aromatic N) is 4. The van der Waals surface area contributed by atoms with Crippen LogP contribution in [-0.2, 0) is 19.1 Å². The van der Waals surface area contributed by atoms with Crippen LogP contribution in [0.2, 0.25) is 0 Å². The number of benzene rings is 2. The van der Waals surface area contributed by atoms with Crippen LogP contribution in [0.5, 0.6) is 0 Å². The molecule has 0 spiro atoms. The summed E-state index contributed by atoms with van der Waals surface area (Å²) in [5, 5.41) is 12.1. The normalized spacial score (nSPS) is 26.1. The maximum atomic E-state index is 15.3. The van der Waals surface area contributed by atoms with Gasteiger partial charge in [0.25, 0.3) is 0 Å². The number of ether oxygens (including phenoxy) is 1. The Labute approximate surface area is 330 Å². The smallest absolute Gasteiger partial charge is 0.414 e. The lowest BCUT2D eigenvalue weighted by Gasteiger charge is -2.41. The number of rotatable bonds is 10. The number of cyclic esters (lactones) is 1. The van der Waals surface area contributed by atoms with Crippen LogP contribution < -0.4 is 26.2 Å². The van der Waals surface area contributed by atoms with Crippen molar-refractivity contribution >= 4 is 41.1 Å². The molecule has 2 aromatic carbocycles. The van der Waals surface area contributed by atoms with Gasteiger partial charge in [-0.1, -0.05) is 18.2 Å². The first-order valence-electron chi connectivity index (χ1n) is 20.4. The lowest BCUT2D eigenvalue weighted by Crippen LogP contribution is -2.47. The fourth-order valence-electron chi connectivity index (χ4n) is 9.23. The highest BCUT2D eigenvalue weighted by Gasteiger charge is 2.34. The van der Waals surface area contributed by atoms with Gasteiger partial charge in [0.2, 0.25) is 23.7 Å². The Hall–Kier alpha value is -5.18. The second-order valence-corrected chi connectivity index (χ2v) is 16.1. The molecular formula is C42H50F2N8O5. The average molecular weight is 785 g/mol. The molecule has 5 fully saturated rings. The zero-order valence-corrected chi connectivity index (χ0v) is 32.0. The van der Waals surface area contributed by atoms with Crippen molar-refractivity contribution in [2.75, 3.05) is 41.8 Å². The van der Waals surface area contributed by atoms with Crippen LogP contribution in [0.4, 0.5) is 30.9 Å². The highest BCUT2D eigenvalue weighted by molar-refractivity contribution is 6.01. The molecule has 8 rings (SSSR count). The minimum absolute atomic E-state index is 0.0108. The van der Waals surface area contributed by atoms with Crippen molar-refractivity contribution in [1.82, 2.24) is 25.5 Å². The van der Waals surface area contributed by atoms with E-state index in [4.69, 9.17) is 4.74 Å². The summed E-state index contributed by atoms with van der Waals surface area (Å²) in [6.07, 6.45) is 10.1. The molecule has 13 nitrogen and oxygen atoms in total. The summed E-state index contributed by atoms with van der Waals surface area (Å²) >= 11 is 0. The molecule has 4 amide bonds. The van der Waals surface area contributed by atoms with E-state index in [-0.39, 0.29) is 59.6 Å². The number of halogens is 2. The molecule has 2 aliphatic carbocycles. The number of piperidine rings is 2. The SMILES string of the molecule is O=C1CCC(Nc2ccc(C3CCN(C4CCC(C(=O)NC5CCC(Nc6ncc(F)c(-c7cccc(N8CCOC8=O)c7)n6)CC5)CC4)CC3)c(F)c2)C(=O)N1. The summed E-state index contributed by atoms with van der Waals surface area (Å²) in [6, 6.07) is 12.2. The van der Waals surface area contributed by atoms with Crippen molar-refractivity contribution < 1.29 is 32.7 Å². The molecule has 302 valence electrons. The molecule has 4 N–H and O–H groups in total. The molecule has 0 radical (unpaired) electrons. The molecule has 3 aromatic rings.